The molecule has 1 aliphatic heterocycles. The van der Waals surface area contributed by atoms with Gasteiger partial charge in [-0.2, -0.15) is 0 Å². The standard InChI is InChI=1S/C14H19N5/c1-11-8-12(2-3-15)9-17-14(11)19-7-6-18-5-4-16-13(18)10-19/h4-5,8-9H,2-3,6-7,10,15H2,1H3. The lowest BCUT2D eigenvalue weighted by atomic mass is 10.1. The molecule has 0 bridgehead atoms. The van der Waals surface area contributed by atoms with Crippen LogP contribution < -0.4 is 10.6 Å². The number of pyridine rings is 1. The van der Waals surface area contributed by atoms with Gasteiger partial charge in [-0.1, -0.05) is 6.07 Å². The van der Waals surface area contributed by atoms with Crippen molar-refractivity contribution in [3.8, 4) is 0 Å². The molecule has 19 heavy (non-hydrogen) atoms. The first kappa shape index (κ1) is 12.2. The van der Waals surface area contributed by atoms with Crippen molar-refractivity contribution in [3.05, 3.63) is 41.6 Å². The summed E-state index contributed by atoms with van der Waals surface area (Å²) in [7, 11) is 0. The molecule has 100 valence electrons. The molecule has 1 aliphatic rings. The van der Waals surface area contributed by atoms with Gasteiger partial charge in [-0.05, 0) is 31.0 Å². The van der Waals surface area contributed by atoms with Gasteiger partial charge < -0.3 is 15.2 Å². The van der Waals surface area contributed by atoms with Gasteiger partial charge in [0.1, 0.15) is 11.6 Å². The highest BCUT2D eigenvalue weighted by atomic mass is 15.3. The van der Waals surface area contributed by atoms with Crippen LogP contribution >= 0.6 is 0 Å². The second-order valence-corrected chi connectivity index (χ2v) is 4.98. The quantitative estimate of drug-likeness (QED) is 0.894. The SMILES string of the molecule is Cc1cc(CCN)cnc1N1CCn2ccnc2C1. The molecular formula is C14H19N5. The highest BCUT2D eigenvalue weighted by Gasteiger charge is 2.19. The van der Waals surface area contributed by atoms with Gasteiger partial charge in [-0.3, -0.25) is 0 Å². The Kier molecular flexibility index (Phi) is 3.21. The number of hydrogen-bond acceptors (Lipinski definition) is 4. The number of fused-ring (bicyclic) bond motifs is 1. The first-order valence-corrected chi connectivity index (χ1v) is 6.68. The number of aromatic nitrogens is 3. The van der Waals surface area contributed by atoms with Crippen LogP contribution in [0, 0.1) is 6.92 Å². The van der Waals surface area contributed by atoms with Gasteiger partial charge >= 0.3 is 0 Å². The van der Waals surface area contributed by atoms with Crippen molar-refractivity contribution in [2.75, 3.05) is 18.0 Å². The van der Waals surface area contributed by atoms with Gasteiger partial charge in [-0.25, -0.2) is 9.97 Å². The van der Waals surface area contributed by atoms with Crippen molar-refractivity contribution < 1.29 is 0 Å². The maximum Gasteiger partial charge on any atom is 0.131 e. The fraction of sp³-hybridized carbons (Fsp3) is 0.429. The van der Waals surface area contributed by atoms with E-state index in [9.17, 15) is 0 Å². The van der Waals surface area contributed by atoms with Gasteiger partial charge in [0.15, 0.2) is 0 Å². The van der Waals surface area contributed by atoms with Crippen molar-refractivity contribution in [1.29, 1.82) is 0 Å². The Morgan fingerprint density at radius 2 is 2.21 bits per heavy atom. The van der Waals surface area contributed by atoms with Crippen LogP contribution in [0.3, 0.4) is 0 Å². The number of nitrogens with zero attached hydrogens (tertiary/aromatic N) is 4. The zero-order valence-electron chi connectivity index (χ0n) is 11.2. The van der Waals surface area contributed by atoms with Crippen LogP contribution in [0.2, 0.25) is 0 Å². The third kappa shape index (κ3) is 2.33. The minimum atomic E-state index is 0.668. The summed E-state index contributed by atoms with van der Waals surface area (Å²) in [5.41, 5.74) is 8.01. The second kappa shape index (κ2) is 5.01. The van der Waals surface area contributed by atoms with Crippen molar-refractivity contribution in [2.24, 2.45) is 5.73 Å². The van der Waals surface area contributed by atoms with Gasteiger partial charge in [0, 0.05) is 31.7 Å². The van der Waals surface area contributed by atoms with Gasteiger partial charge in [-0.15, -0.1) is 0 Å². The van der Waals surface area contributed by atoms with Crippen LogP contribution in [0.25, 0.3) is 0 Å². The predicted molar refractivity (Wildman–Crippen MR) is 75.0 cm³/mol. The summed E-state index contributed by atoms with van der Waals surface area (Å²) in [6, 6.07) is 2.19. The Bertz CT molecular complexity index is 575. The van der Waals surface area contributed by atoms with Gasteiger partial charge in [0.05, 0.1) is 6.54 Å². The summed E-state index contributed by atoms with van der Waals surface area (Å²) in [5, 5.41) is 0. The molecule has 5 nitrogen and oxygen atoms in total. The minimum Gasteiger partial charge on any atom is -0.347 e. The Hall–Kier alpha value is -1.88. The Morgan fingerprint density at radius 3 is 3.00 bits per heavy atom. The number of aryl methyl sites for hydroxylation is 1. The fourth-order valence-electron chi connectivity index (χ4n) is 2.61. The molecule has 0 saturated carbocycles. The Labute approximate surface area is 113 Å². The van der Waals surface area contributed by atoms with E-state index in [2.05, 4.69) is 32.4 Å². The van der Waals surface area contributed by atoms with Crippen molar-refractivity contribution in [1.82, 2.24) is 14.5 Å². The lowest BCUT2D eigenvalue weighted by Crippen LogP contribution is -2.34. The lowest BCUT2D eigenvalue weighted by Gasteiger charge is -2.29. The summed E-state index contributed by atoms with van der Waals surface area (Å²) in [5.74, 6) is 2.17. The maximum absolute atomic E-state index is 5.58. The largest absolute Gasteiger partial charge is 0.347 e. The average Bonchev–Trinajstić information content (AvgIpc) is 2.86. The molecule has 0 saturated heterocycles. The van der Waals surface area contributed by atoms with E-state index in [0.717, 1.165) is 37.7 Å². The van der Waals surface area contributed by atoms with Crippen molar-refractivity contribution in [2.45, 2.75) is 26.4 Å². The summed E-state index contributed by atoms with van der Waals surface area (Å²) < 4.78 is 2.20. The zero-order valence-corrected chi connectivity index (χ0v) is 11.2. The first-order chi connectivity index (χ1) is 9.28. The fourth-order valence-corrected chi connectivity index (χ4v) is 2.61. The molecule has 3 heterocycles. The summed E-state index contributed by atoms with van der Waals surface area (Å²) in [6.07, 6.45) is 6.73. The van der Waals surface area contributed by atoms with Crippen LogP contribution in [0.1, 0.15) is 17.0 Å². The lowest BCUT2D eigenvalue weighted by molar-refractivity contribution is 0.555. The van der Waals surface area contributed by atoms with E-state index in [-0.39, 0.29) is 0 Å². The number of imidazole rings is 1. The number of rotatable bonds is 3. The molecule has 0 unspecified atom stereocenters. The molecule has 0 spiro atoms. The van der Waals surface area contributed by atoms with E-state index in [0.29, 0.717) is 6.54 Å². The molecule has 0 aromatic carbocycles. The van der Waals surface area contributed by atoms with E-state index in [1.807, 2.05) is 18.6 Å². The molecule has 2 aromatic rings. The third-order valence-electron chi connectivity index (χ3n) is 3.58. The van der Waals surface area contributed by atoms with Crippen LogP contribution in [-0.2, 0) is 19.5 Å². The monoisotopic (exact) mass is 257 g/mol. The van der Waals surface area contributed by atoms with E-state index in [1.54, 1.807) is 0 Å². The van der Waals surface area contributed by atoms with E-state index >= 15 is 0 Å². The zero-order chi connectivity index (χ0) is 13.2. The number of anilines is 1. The van der Waals surface area contributed by atoms with E-state index < -0.39 is 0 Å². The van der Waals surface area contributed by atoms with Crippen LogP contribution in [-0.4, -0.2) is 27.6 Å². The van der Waals surface area contributed by atoms with E-state index in [1.165, 1.54) is 11.1 Å². The molecule has 3 rings (SSSR count). The van der Waals surface area contributed by atoms with Crippen molar-refractivity contribution in [3.63, 3.8) is 0 Å². The summed E-state index contributed by atoms with van der Waals surface area (Å²) in [6.45, 7) is 5.57. The molecule has 5 heteroatoms. The first-order valence-electron chi connectivity index (χ1n) is 6.68. The smallest absolute Gasteiger partial charge is 0.131 e. The molecule has 2 N–H and O–H groups in total. The van der Waals surface area contributed by atoms with Gasteiger partial charge in [0.2, 0.25) is 0 Å². The topological polar surface area (TPSA) is 60.0 Å². The highest BCUT2D eigenvalue weighted by molar-refractivity contribution is 5.48. The van der Waals surface area contributed by atoms with Crippen LogP contribution in [0.4, 0.5) is 5.82 Å². The average molecular weight is 257 g/mol. The summed E-state index contributed by atoms with van der Waals surface area (Å²) >= 11 is 0. The number of hydrogen-bond donors (Lipinski definition) is 1. The molecule has 2 aromatic heterocycles. The van der Waals surface area contributed by atoms with E-state index in [4.69, 9.17) is 5.73 Å². The normalized spacial score (nSPS) is 14.5. The highest BCUT2D eigenvalue weighted by Crippen LogP contribution is 2.22. The Morgan fingerprint density at radius 1 is 1.32 bits per heavy atom. The molecule has 0 aliphatic carbocycles. The third-order valence-corrected chi connectivity index (χ3v) is 3.58. The maximum atomic E-state index is 5.58. The Balaban J connectivity index is 1.83. The molecular weight excluding hydrogens is 238 g/mol. The molecule has 0 fully saturated rings. The molecule has 0 radical (unpaired) electrons. The van der Waals surface area contributed by atoms with Crippen LogP contribution in [0.15, 0.2) is 24.7 Å². The van der Waals surface area contributed by atoms with Gasteiger partial charge in [0.25, 0.3) is 0 Å². The predicted octanol–water partition coefficient (Wildman–Crippen LogP) is 1.11. The van der Waals surface area contributed by atoms with Crippen LogP contribution in [0.5, 0.6) is 0 Å². The van der Waals surface area contributed by atoms with Crippen molar-refractivity contribution >= 4 is 5.82 Å². The number of nitrogens with two attached hydrogens (primary N) is 1. The molecule has 0 atom stereocenters. The summed E-state index contributed by atoms with van der Waals surface area (Å²) in [4.78, 5) is 11.3. The second-order valence-electron chi connectivity index (χ2n) is 4.98. The minimum absolute atomic E-state index is 0.668. The molecule has 0 amide bonds.